The van der Waals surface area contributed by atoms with E-state index in [2.05, 4.69) is 9.97 Å². The molecule has 16 heavy (non-hydrogen) atoms. The molecule has 0 spiro atoms. The summed E-state index contributed by atoms with van der Waals surface area (Å²) in [6.45, 7) is 2.78. The monoisotopic (exact) mass is 248 g/mol. The normalized spacial score (nSPS) is 17.8. The van der Waals surface area contributed by atoms with Crippen LogP contribution in [-0.2, 0) is 15.6 Å². The largest absolute Gasteiger partial charge is 0.318 e. The molecule has 2 atom stereocenters. The van der Waals surface area contributed by atoms with Gasteiger partial charge < -0.3 is 5.73 Å². The molecule has 1 rings (SSSR count). The molecule has 1 aromatic rings. The van der Waals surface area contributed by atoms with Gasteiger partial charge in [-0.25, -0.2) is 27.9 Å². The van der Waals surface area contributed by atoms with Crippen LogP contribution in [0.2, 0.25) is 0 Å². The Kier molecular flexibility index (Phi) is 3.27. The first-order valence-electron chi connectivity index (χ1n) is 4.44. The van der Waals surface area contributed by atoms with Gasteiger partial charge in [0.05, 0.1) is 23.2 Å². The molecule has 0 aliphatic heterocycles. The van der Waals surface area contributed by atoms with Crippen molar-refractivity contribution in [1.29, 1.82) is 0 Å². The lowest BCUT2D eigenvalue weighted by Gasteiger charge is -2.27. The molecule has 2 unspecified atom stereocenters. The Morgan fingerprint density at radius 1 is 1.44 bits per heavy atom. The molecule has 0 aliphatic rings. The minimum Gasteiger partial charge on any atom is -0.318 e. The van der Waals surface area contributed by atoms with E-state index in [1.54, 1.807) is 0 Å². The standard InChI is InChI=1S/C8H13FN4O2S/c1-5(16(11,14)15)8(2,10)7-12-3-6(9)4-13-7/h3-5H,10H2,1-2H3,(H2,11,14,15). The van der Waals surface area contributed by atoms with E-state index in [1.807, 2.05) is 0 Å². The Morgan fingerprint density at radius 2 is 1.88 bits per heavy atom. The Balaban J connectivity index is 3.16. The average molecular weight is 248 g/mol. The fraction of sp³-hybridized carbons (Fsp3) is 0.500. The highest BCUT2D eigenvalue weighted by molar-refractivity contribution is 7.89. The zero-order valence-electron chi connectivity index (χ0n) is 8.88. The smallest absolute Gasteiger partial charge is 0.213 e. The molecule has 0 bridgehead atoms. The van der Waals surface area contributed by atoms with Crippen LogP contribution in [0.5, 0.6) is 0 Å². The summed E-state index contributed by atoms with van der Waals surface area (Å²) >= 11 is 0. The van der Waals surface area contributed by atoms with Crippen LogP contribution in [0.4, 0.5) is 4.39 Å². The van der Waals surface area contributed by atoms with E-state index in [0.717, 1.165) is 12.4 Å². The first-order chi connectivity index (χ1) is 7.15. The van der Waals surface area contributed by atoms with Gasteiger partial charge in [-0.1, -0.05) is 0 Å². The third-order valence-electron chi connectivity index (χ3n) is 2.44. The maximum Gasteiger partial charge on any atom is 0.213 e. The summed E-state index contributed by atoms with van der Waals surface area (Å²) in [6.07, 6.45) is 1.84. The van der Waals surface area contributed by atoms with E-state index >= 15 is 0 Å². The van der Waals surface area contributed by atoms with Gasteiger partial charge in [0.15, 0.2) is 5.82 Å². The molecule has 1 heterocycles. The molecule has 0 saturated heterocycles. The second-order valence-electron chi connectivity index (χ2n) is 3.74. The van der Waals surface area contributed by atoms with E-state index < -0.39 is 26.6 Å². The Labute approximate surface area is 92.9 Å². The first kappa shape index (κ1) is 12.9. The molecule has 90 valence electrons. The van der Waals surface area contributed by atoms with Crippen LogP contribution in [0.1, 0.15) is 19.7 Å². The highest BCUT2D eigenvalue weighted by Crippen LogP contribution is 2.21. The van der Waals surface area contributed by atoms with Gasteiger partial charge in [0, 0.05) is 0 Å². The van der Waals surface area contributed by atoms with Crippen molar-refractivity contribution in [3.63, 3.8) is 0 Å². The maximum absolute atomic E-state index is 12.6. The number of halogens is 1. The number of aromatic nitrogens is 2. The van der Waals surface area contributed by atoms with Crippen LogP contribution < -0.4 is 10.9 Å². The molecule has 0 saturated carbocycles. The summed E-state index contributed by atoms with van der Waals surface area (Å²) in [7, 11) is -3.82. The quantitative estimate of drug-likeness (QED) is 0.746. The molecule has 0 aromatic carbocycles. The highest BCUT2D eigenvalue weighted by atomic mass is 32.2. The molecule has 1 aromatic heterocycles. The number of hydrogen-bond donors (Lipinski definition) is 2. The number of rotatable bonds is 3. The van der Waals surface area contributed by atoms with E-state index in [4.69, 9.17) is 10.9 Å². The zero-order valence-corrected chi connectivity index (χ0v) is 9.70. The lowest BCUT2D eigenvalue weighted by Crippen LogP contribution is -2.50. The van der Waals surface area contributed by atoms with Crippen molar-refractivity contribution in [1.82, 2.24) is 9.97 Å². The van der Waals surface area contributed by atoms with Crippen LogP contribution in [0, 0.1) is 5.82 Å². The molecule has 0 aliphatic carbocycles. The Morgan fingerprint density at radius 3 is 2.25 bits per heavy atom. The van der Waals surface area contributed by atoms with Crippen LogP contribution >= 0.6 is 0 Å². The van der Waals surface area contributed by atoms with Crippen molar-refractivity contribution < 1.29 is 12.8 Å². The van der Waals surface area contributed by atoms with Gasteiger partial charge in [-0.05, 0) is 13.8 Å². The molecular formula is C8H13FN4O2S. The molecule has 8 heteroatoms. The van der Waals surface area contributed by atoms with Crippen molar-refractivity contribution >= 4 is 10.0 Å². The van der Waals surface area contributed by atoms with E-state index in [1.165, 1.54) is 13.8 Å². The summed E-state index contributed by atoms with van der Waals surface area (Å²) in [5.41, 5.74) is 4.44. The molecule has 0 radical (unpaired) electrons. The number of sulfonamides is 1. The number of nitrogens with two attached hydrogens (primary N) is 2. The lowest BCUT2D eigenvalue weighted by atomic mass is 9.99. The predicted octanol–water partition coefficient (Wildman–Crippen LogP) is -0.533. The minimum atomic E-state index is -3.82. The first-order valence-corrected chi connectivity index (χ1v) is 6.05. The average Bonchev–Trinajstić information content (AvgIpc) is 2.16. The van der Waals surface area contributed by atoms with Gasteiger partial charge >= 0.3 is 0 Å². The predicted molar refractivity (Wildman–Crippen MR) is 56.1 cm³/mol. The Hall–Kier alpha value is -1.12. The highest BCUT2D eigenvalue weighted by Gasteiger charge is 2.38. The SMILES string of the molecule is CC(C(C)(N)c1ncc(F)cn1)S(N)(=O)=O. The van der Waals surface area contributed by atoms with Crippen molar-refractivity contribution in [2.24, 2.45) is 10.9 Å². The molecule has 0 amide bonds. The van der Waals surface area contributed by atoms with Crippen molar-refractivity contribution in [3.05, 3.63) is 24.0 Å². The van der Waals surface area contributed by atoms with Gasteiger partial charge in [-0.15, -0.1) is 0 Å². The third kappa shape index (κ3) is 2.52. The van der Waals surface area contributed by atoms with Crippen molar-refractivity contribution in [2.75, 3.05) is 0 Å². The molecule has 0 fully saturated rings. The topological polar surface area (TPSA) is 112 Å². The molecular weight excluding hydrogens is 235 g/mol. The van der Waals surface area contributed by atoms with E-state index in [9.17, 15) is 12.8 Å². The zero-order chi connectivity index (χ0) is 12.6. The van der Waals surface area contributed by atoms with Gasteiger partial charge in [-0.3, -0.25) is 0 Å². The summed E-state index contributed by atoms with van der Waals surface area (Å²) < 4.78 is 35.0. The van der Waals surface area contributed by atoms with Gasteiger partial charge in [0.2, 0.25) is 10.0 Å². The van der Waals surface area contributed by atoms with Crippen molar-refractivity contribution in [2.45, 2.75) is 24.6 Å². The maximum atomic E-state index is 12.6. The fourth-order valence-corrected chi connectivity index (χ4v) is 1.90. The molecule has 6 nitrogen and oxygen atoms in total. The van der Waals surface area contributed by atoms with Gasteiger partial charge in [0.1, 0.15) is 5.82 Å². The van der Waals surface area contributed by atoms with E-state index in [0.29, 0.717) is 0 Å². The Bertz CT molecular complexity index is 471. The lowest BCUT2D eigenvalue weighted by molar-refractivity contribution is 0.432. The minimum absolute atomic E-state index is 0.0235. The van der Waals surface area contributed by atoms with Gasteiger partial charge in [-0.2, -0.15) is 0 Å². The summed E-state index contributed by atoms with van der Waals surface area (Å²) in [5.74, 6) is -0.599. The third-order valence-corrected chi connectivity index (χ3v) is 3.91. The summed E-state index contributed by atoms with van der Waals surface area (Å²) in [5, 5.41) is 3.92. The fourth-order valence-electron chi connectivity index (χ4n) is 1.11. The molecule has 4 N–H and O–H groups in total. The number of nitrogens with zero attached hydrogens (tertiary/aromatic N) is 2. The van der Waals surface area contributed by atoms with Crippen molar-refractivity contribution in [3.8, 4) is 0 Å². The summed E-state index contributed by atoms with van der Waals surface area (Å²) in [4.78, 5) is 7.31. The van der Waals surface area contributed by atoms with E-state index in [-0.39, 0.29) is 5.82 Å². The second-order valence-corrected chi connectivity index (χ2v) is 5.62. The van der Waals surface area contributed by atoms with Crippen LogP contribution in [0.3, 0.4) is 0 Å². The van der Waals surface area contributed by atoms with Crippen LogP contribution in [0.15, 0.2) is 12.4 Å². The number of primary sulfonamides is 1. The second kappa shape index (κ2) is 4.04. The summed E-state index contributed by atoms with van der Waals surface area (Å²) in [6, 6.07) is 0. The number of hydrogen-bond acceptors (Lipinski definition) is 5. The van der Waals surface area contributed by atoms with Crippen LogP contribution in [0.25, 0.3) is 0 Å². The van der Waals surface area contributed by atoms with Crippen LogP contribution in [-0.4, -0.2) is 23.6 Å². The van der Waals surface area contributed by atoms with Gasteiger partial charge in [0.25, 0.3) is 0 Å².